The van der Waals surface area contributed by atoms with Crippen LogP contribution in [0.4, 0.5) is 0 Å². The van der Waals surface area contributed by atoms with E-state index in [1.165, 1.54) is 25.3 Å². The van der Waals surface area contributed by atoms with Crippen LogP contribution in [-0.4, -0.2) is 27.5 Å². The van der Waals surface area contributed by atoms with E-state index < -0.39 is 27.4 Å². The molecule has 0 saturated heterocycles. The molecule has 0 aliphatic heterocycles. The van der Waals surface area contributed by atoms with E-state index in [9.17, 15) is 30.2 Å². The Morgan fingerprint density at radius 2 is 1.81 bits per heavy atom. The van der Waals surface area contributed by atoms with E-state index >= 15 is 0 Å². The van der Waals surface area contributed by atoms with Gasteiger partial charge in [0.1, 0.15) is 22.5 Å². The fourth-order valence-electron chi connectivity index (χ4n) is 2.43. The molecule has 0 aliphatic rings. The zero-order valence-electron chi connectivity index (χ0n) is 13.4. The van der Waals surface area contributed by atoms with Gasteiger partial charge in [-0.05, 0) is 18.2 Å². The average Bonchev–Trinajstić information content (AvgIpc) is 2.56. The third kappa shape index (κ3) is 3.67. The Kier molecular flexibility index (Phi) is 5.64. The zero-order valence-corrected chi connectivity index (χ0v) is 14.9. The zero-order chi connectivity index (χ0) is 19.0. The van der Waals surface area contributed by atoms with Gasteiger partial charge >= 0.3 is 22.4 Å². The second kappa shape index (κ2) is 7.58. The Hall–Kier alpha value is -3.21. The van der Waals surface area contributed by atoms with Crippen LogP contribution >= 0.6 is 0 Å². The van der Waals surface area contributed by atoms with Gasteiger partial charge < -0.3 is 24.5 Å². The van der Waals surface area contributed by atoms with Gasteiger partial charge in [0.25, 0.3) is 5.09 Å². The van der Waals surface area contributed by atoms with Crippen molar-refractivity contribution in [3.8, 4) is 40.1 Å². The molecule has 10 nitrogen and oxygen atoms in total. The number of hydrogen-bond acceptors (Lipinski definition) is 9. The number of phenols is 3. The Morgan fingerprint density at radius 3 is 2.44 bits per heavy atom. The molecule has 0 unspecified atom stereocenters. The number of phenolic OH excluding ortho intramolecular Hbond substituents is 3. The van der Waals surface area contributed by atoms with Gasteiger partial charge in [-0.2, -0.15) is 0 Å². The molecule has 1 aromatic heterocycles. The third-order valence-electron chi connectivity index (χ3n) is 3.53. The van der Waals surface area contributed by atoms with E-state index in [4.69, 9.17) is 9.15 Å². The van der Waals surface area contributed by atoms with Crippen molar-refractivity contribution in [2.24, 2.45) is 0 Å². The third-order valence-corrected chi connectivity index (χ3v) is 3.53. The Labute approximate surface area is 165 Å². The van der Waals surface area contributed by atoms with Crippen LogP contribution < -0.4 is 15.0 Å². The maximum atomic E-state index is 12.6. The summed E-state index contributed by atoms with van der Waals surface area (Å²) in [6, 6.07) is 5.77. The largest absolute Gasteiger partial charge is 1.00 e. The number of aromatic hydroxyl groups is 3. The molecule has 3 N–H and O–H groups in total. The first kappa shape index (κ1) is 20.1. The number of fused-ring (bicyclic) bond motifs is 1. The Bertz CT molecular complexity index is 1090. The molecule has 144 valence electrons. The second-order valence-corrected chi connectivity index (χ2v) is 5.13. The molecule has 27 heavy (non-hydrogen) atoms. The van der Waals surface area contributed by atoms with E-state index in [2.05, 4.69) is 4.84 Å². The molecule has 0 amide bonds. The van der Waals surface area contributed by atoms with Crippen molar-refractivity contribution in [1.29, 1.82) is 0 Å². The summed E-state index contributed by atoms with van der Waals surface area (Å²) in [4.78, 5) is 27.8. The van der Waals surface area contributed by atoms with E-state index in [1.54, 1.807) is 0 Å². The number of hydrogen-bond donors (Lipinski definition) is 3. The molecule has 0 fully saturated rings. The first-order valence-corrected chi connectivity index (χ1v) is 7.04. The van der Waals surface area contributed by atoms with Crippen molar-refractivity contribution in [2.45, 2.75) is 0 Å². The molecule has 11 heteroatoms. The monoisotopic (exact) mass is 468 g/mol. The van der Waals surface area contributed by atoms with Gasteiger partial charge in [0.05, 0.1) is 7.11 Å². The van der Waals surface area contributed by atoms with Crippen molar-refractivity contribution < 1.29 is 56.8 Å². The van der Waals surface area contributed by atoms with Gasteiger partial charge in [-0.1, -0.05) is 0 Å². The number of methoxy groups -OCH3 is 1. The quantitative estimate of drug-likeness (QED) is 0.297. The maximum absolute atomic E-state index is 12.6. The number of nitrogens with zero attached hydrogens (tertiary/aromatic N) is 1. The second-order valence-electron chi connectivity index (χ2n) is 5.13. The molecular weight excluding hydrogens is 458 g/mol. The summed E-state index contributed by atoms with van der Waals surface area (Å²) in [5.74, 6) is -2.31. The van der Waals surface area contributed by atoms with Crippen LogP contribution in [0.15, 0.2) is 39.5 Å². The predicted molar refractivity (Wildman–Crippen MR) is 87.1 cm³/mol. The summed E-state index contributed by atoms with van der Waals surface area (Å²) in [5.41, 5.74) is -1.11. The topological polar surface area (TPSA) is 152 Å². The van der Waals surface area contributed by atoms with Crippen molar-refractivity contribution >= 4 is 11.0 Å². The Balaban J connectivity index is 0.00000261. The molecule has 0 saturated carbocycles. The van der Waals surface area contributed by atoms with Gasteiger partial charge in [-0.3, -0.25) is 9.63 Å². The molecule has 3 rings (SSSR count). The van der Waals surface area contributed by atoms with Crippen molar-refractivity contribution in [3.05, 3.63) is 50.7 Å². The van der Waals surface area contributed by atoms with Crippen LogP contribution in [0, 0.1) is 10.1 Å². The molecule has 0 spiro atoms. The molecular formula is C16H11AgNO9+. The summed E-state index contributed by atoms with van der Waals surface area (Å²) >= 11 is 0. The standard InChI is InChI=1S/C16H11NO9.Ag/c1-24-11-4-7(2-3-9(11)19)15-16(26-17(22)23)14(21)13-10(20)5-8(18)6-12(13)25-15;/h2-6,18-20H,1H3;/q;+1. The molecule has 1 heterocycles. The van der Waals surface area contributed by atoms with Crippen LogP contribution in [0.1, 0.15) is 0 Å². The van der Waals surface area contributed by atoms with Crippen LogP contribution in [0.25, 0.3) is 22.3 Å². The predicted octanol–water partition coefficient (Wildman–Crippen LogP) is 2.15. The minimum atomic E-state index is -1.20. The first-order chi connectivity index (χ1) is 12.3. The van der Waals surface area contributed by atoms with Gasteiger partial charge in [0, 0.05) is 17.7 Å². The molecule has 0 bridgehead atoms. The summed E-state index contributed by atoms with van der Waals surface area (Å²) in [6.45, 7) is 0. The molecule has 0 aliphatic carbocycles. The first-order valence-electron chi connectivity index (χ1n) is 7.04. The van der Waals surface area contributed by atoms with Crippen molar-refractivity contribution in [3.63, 3.8) is 0 Å². The molecule has 3 aromatic rings. The van der Waals surface area contributed by atoms with Gasteiger partial charge in [-0.25, -0.2) is 0 Å². The summed E-state index contributed by atoms with van der Waals surface area (Å²) in [6.07, 6.45) is 0. The van der Waals surface area contributed by atoms with E-state index in [0.29, 0.717) is 0 Å². The fraction of sp³-hybridized carbons (Fsp3) is 0.0625. The average molecular weight is 469 g/mol. The normalized spacial score (nSPS) is 10.3. The van der Waals surface area contributed by atoms with Crippen LogP contribution in [0.3, 0.4) is 0 Å². The van der Waals surface area contributed by atoms with Gasteiger partial charge in [0.15, 0.2) is 17.3 Å². The summed E-state index contributed by atoms with van der Waals surface area (Å²) < 4.78 is 10.4. The smallest absolute Gasteiger partial charge is 0.508 e. The summed E-state index contributed by atoms with van der Waals surface area (Å²) in [5, 5.41) is 38.3. The van der Waals surface area contributed by atoms with Gasteiger partial charge in [-0.15, -0.1) is 10.1 Å². The van der Waals surface area contributed by atoms with Crippen LogP contribution in [0.5, 0.6) is 28.7 Å². The van der Waals surface area contributed by atoms with Crippen LogP contribution in [0.2, 0.25) is 0 Å². The molecule has 2 aromatic carbocycles. The molecule has 0 radical (unpaired) electrons. The van der Waals surface area contributed by atoms with Crippen molar-refractivity contribution in [1.82, 2.24) is 0 Å². The minimum Gasteiger partial charge on any atom is -0.508 e. The van der Waals surface area contributed by atoms with E-state index in [-0.39, 0.29) is 56.5 Å². The van der Waals surface area contributed by atoms with E-state index in [1.807, 2.05) is 0 Å². The fourth-order valence-corrected chi connectivity index (χ4v) is 2.43. The number of rotatable bonds is 4. The number of benzene rings is 2. The maximum Gasteiger partial charge on any atom is 1.00 e. The van der Waals surface area contributed by atoms with E-state index in [0.717, 1.165) is 12.1 Å². The molecule has 0 atom stereocenters. The minimum absolute atomic E-state index is 0. The Morgan fingerprint density at radius 1 is 1.11 bits per heavy atom. The van der Waals surface area contributed by atoms with Crippen LogP contribution in [-0.2, 0) is 22.4 Å². The van der Waals surface area contributed by atoms with Gasteiger partial charge in [0.2, 0.25) is 11.2 Å². The summed E-state index contributed by atoms with van der Waals surface area (Å²) in [7, 11) is 1.29. The van der Waals surface area contributed by atoms with Crippen molar-refractivity contribution in [2.75, 3.05) is 7.11 Å². The SMILES string of the molecule is COc1cc(-c2oc3cc(O)cc(O)c3c(=O)c2O[N+](=O)[O-])ccc1O.[Ag+]. The number of ether oxygens (including phenoxy) is 1.